The molecular formula is C28H28HfO4. The van der Waals surface area contributed by atoms with Gasteiger partial charge in [0.05, 0.1) is 0 Å². The molecule has 0 atom stereocenters. The molecular weight excluding hydrogens is 579 g/mol. The van der Waals surface area contributed by atoms with Crippen molar-refractivity contribution in [3.05, 3.63) is 119 Å². The number of rotatable bonds is 8. The fraction of sp³-hybridized carbons (Fsp3) is 0.143. The van der Waals surface area contributed by atoms with E-state index in [1.165, 1.54) is 0 Å². The Balaban J connectivity index is 1.86. The van der Waals surface area contributed by atoms with E-state index < -0.39 is 21.7 Å². The summed E-state index contributed by atoms with van der Waals surface area (Å²) < 4.78 is 26.7. The first kappa shape index (κ1) is 23.1. The van der Waals surface area contributed by atoms with E-state index in [1.807, 2.05) is 125 Å². The fourth-order valence-electron chi connectivity index (χ4n) is 3.35. The zero-order valence-electron chi connectivity index (χ0n) is 19.4. The topological polar surface area (TPSA) is 36.9 Å². The monoisotopic (exact) mass is 608 g/mol. The van der Waals surface area contributed by atoms with Crippen molar-refractivity contribution in [2.24, 2.45) is 0 Å². The predicted molar refractivity (Wildman–Crippen MR) is 127 cm³/mol. The summed E-state index contributed by atoms with van der Waals surface area (Å²) in [6, 6.07) is 31.4. The van der Waals surface area contributed by atoms with Gasteiger partial charge in [0.25, 0.3) is 0 Å². The van der Waals surface area contributed by atoms with Gasteiger partial charge < -0.3 is 0 Å². The summed E-state index contributed by atoms with van der Waals surface area (Å²) in [5, 5.41) is 0. The van der Waals surface area contributed by atoms with Crippen molar-refractivity contribution in [3.63, 3.8) is 0 Å². The molecule has 4 aromatic carbocycles. The third-order valence-corrected chi connectivity index (χ3v) is 12.1. The summed E-state index contributed by atoms with van der Waals surface area (Å²) >= 11 is -5.06. The zero-order chi connectivity index (χ0) is 23.3. The van der Waals surface area contributed by atoms with Gasteiger partial charge in [-0.1, -0.05) is 0 Å². The Hall–Kier alpha value is -3.05. The molecule has 0 unspecified atom stereocenters. The van der Waals surface area contributed by atoms with Crippen molar-refractivity contribution < 1.29 is 33.1 Å². The van der Waals surface area contributed by atoms with Gasteiger partial charge in [-0.25, -0.2) is 0 Å². The van der Waals surface area contributed by atoms with Gasteiger partial charge in [0, 0.05) is 0 Å². The Bertz CT molecular complexity index is 1040. The quantitative estimate of drug-likeness (QED) is 0.197. The average Bonchev–Trinajstić information content (AvgIpc) is 2.80. The first-order valence-electron chi connectivity index (χ1n) is 10.9. The molecule has 33 heavy (non-hydrogen) atoms. The summed E-state index contributed by atoms with van der Waals surface area (Å²) in [5.41, 5.74) is 3.93. The minimum absolute atomic E-state index is 0.690. The van der Waals surface area contributed by atoms with Crippen LogP contribution in [0.2, 0.25) is 0 Å². The average molecular weight is 607 g/mol. The molecule has 4 aromatic rings. The molecule has 0 fully saturated rings. The van der Waals surface area contributed by atoms with Gasteiger partial charge in [-0.2, -0.15) is 0 Å². The second kappa shape index (κ2) is 10.3. The van der Waals surface area contributed by atoms with Gasteiger partial charge in [-0.15, -0.1) is 0 Å². The normalized spacial score (nSPS) is 11.0. The van der Waals surface area contributed by atoms with Gasteiger partial charge in [0.1, 0.15) is 0 Å². The van der Waals surface area contributed by atoms with E-state index in [4.69, 9.17) is 11.4 Å². The molecule has 4 nitrogen and oxygen atoms in total. The standard InChI is InChI=1S/4C7H8O.Hf/c4*1-6-4-2-3-5-7(6)8;/h4*2-5,8H,1H3;/q;;;;+4/p-4. The van der Waals surface area contributed by atoms with Crippen LogP contribution in [-0.4, -0.2) is 0 Å². The van der Waals surface area contributed by atoms with Crippen LogP contribution >= 0.6 is 0 Å². The van der Waals surface area contributed by atoms with Crippen LogP contribution in [0.25, 0.3) is 0 Å². The summed E-state index contributed by atoms with van der Waals surface area (Å²) in [7, 11) is 0. The van der Waals surface area contributed by atoms with Gasteiger partial charge in [0.15, 0.2) is 0 Å². The Kier molecular flexibility index (Phi) is 7.19. The predicted octanol–water partition coefficient (Wildman–Crippen LogP) is 7.35. The molecule has 5 heteroatoms. The number of hydrogen-bond donors (Lipinski definition) is 0. The van der Waals surface area contributed by atoms with Crippen LogP contribution in [0.4, 0.5) is 0 Å². The van der Waals surface area contributed by atoms with Crippen LogP contribution in [0.3, 0.4) is 0 Å². The molecule has 0 saturated heterocycles. The molecule has 0 radical (unpaired) electrons. The number of aryl methyl sites for hydroxylation is 4. The fourth-order valence-corrected chi connectivity index (χ4v) is 11.4. The van der Waals surface area contributed by atoms with Crippen LogP contribution in [-0.2, 0) is 21.7 Å². The van der Waals surface area contributed by atoms with Crippen molar-refractivity contribution >= 4 is 0 Å². The summed E-state index contributed by atoms with van der Waals surface area (Å²) in [4.78, 5) is 0. The van der Waals surface area contributed by atoms with Crippen molar-refractivity contribution in [2.75, 3.05) is 0 Å². The van der Waals surface area contributed by atoms with E-state index >= 15 is 0 Å². The molecule has 0 aliphatic heterocycles. The van der Waals surface area contributed by atoms with Crippen molar-refractivity contribution in [2.45, 2.75) is 27.7 Å². The summed E-state index contributed by atoms with van der Waals surface area (Å²) in [6.07, 6.45) is 0. The third kappa shape index (κ3) is 5.66. The third-order valence-electron chi connectivity index (χ3n) is 5.31. The molecule has 0 N–H and O–H groups in total. The van der Waals surface area contributed by atoms with E-state index in [0.717, 1.165) is 22.3 Å². The van der Waals surface area contributed by atoms with E-state index in [9.17, 15) is 0 Å². The molecule has 0 aromatic heterocycles. The molecule has 0 aliphatic rings. The van der Waals surface area contributed by atoms with Crippen molar-refractivity contribution in [3.8, 4) is 23.0 Å². The Morgan fingerprint density at radius 2 is 0.576 bits per heavy atom. The van der Waals surface area contributed by atoms with Crippen LogP contribution < -0.4 is 11.4 Å². The Labute approximate surface area is 202 Å². The first-order chi connectivity index (χ1) is 16.0. The molecule has 0 spiro atoms. The molecule has 0 bridgehead atoms. The second-order valence-corrected chi connectivity index (χ2v) is 14.5. The van der Waals surface area contributed by atoms with Crippen molar-refractivity contribution in [1.82, 2.24) is 0 Å². The van der Waals surface area contributed by atoms with Gasteiger partial charge >= 0.3 is 203 Å². The molecule has 168 valence electrons. The van der Waals surface area contributed by atoms with Crippen LogP contribution in [0.1, 0.15) is 22.3 Å². The van der Waals surface area contributed by atoms with Crippen LogP contribution in [0.5, 0.6) is 23.0 Å². The Morgan fingerprint density at radius 3 is 0.788 bits per heavy atom. The summed E-state index contributed by atoms with van der Waals surface area (Å²) in [5.74, 6) is 2.76. The van der Waals surface area contributed by atoms with Gasteiger partial charge in [0.2, 0.25) is 0 Å². The molecule has 0 amide bonds. The van der Waals surface area contributed by atoms with Gasteiger partial charge in [-0.05, 0) is 0 Å². The Morgan fingerprint density at radius 1 is 0.364 bits per heavy atom. The first-order valence-corrected chi connectivity index (χ1v) is 16.8. The van der Waals surface area contributed by atoms with E-state index in [1.54, 1.807) is 0 Å². The van der Waals surface area contributed by atoms with E-state index in [2.05, 4.69) is 0 Å². The van der Waals surface area contributed by atoms with E-state index in [0.29, 0.717) is 23.0 Å². The number of benzene rings is 4. The zero-order valence-corrected chi connectivity index (χ0v) is 23.0. The minimum atomic E-state index is -5.06. The molecule has 0 aliphatic carbocycles. The van der Waals surface area contributed by atoms with E-state index in [-0.39, 0.29) is 0 Å². The van der Waals surface area contributed by atoms with Crippen LogP contribution in [0, 0.1) is 27.7 Å². The SMILES string of the molecule is Cc1ccccc1[O][Hf]([O]c1ccccc1C)([O]c1ccccc1C)[O]c1ccccc1C. The maximum atomic E-state index is 6.67. The maximum absolute atomic E-state index is 6.67. The molecule has 4 rings (SSSR count). The van der Waals surface area contributed by atoms with Crippen LogP contribution in [0.15, 0.2) is 97.1 Å². The molecule has 0 saturated carbocycles. The van der Waals surface area contributed by atoms with Gasteiger partial charge in [-0.3, -0.25) is 0 Å². The second-order valence-electron chi connectivity index (χ2n) is 7.97. The van der Waals surface area contributed by atoms with Crippen molar-refractivity contribution in [1.29, 1.82) is 0 Å². The number of hydrogen-bond acceptors (Lipinski definition) is 4. The molecule has 0 heterocycles. The number of para-hydroxylation sites is 4. The summed E-state index contributed by atoms with van der Waals surface area (Å²) in [6.45, 7) is 8.01.